The molecule has 0 fully saturated rings. The molecule has 25 heavy (non-hydrogen) atoms. The number of esters is 1. The van der Waals surface area contributed by atoms with Gasteiger partial charge in [-0.15, -0.1) is 11.8 Å². The van der Waals surface area contributed by atoms with Gasteiger partial charge in [-0.05, 0) is 12.1 Å². The van der Waals surface area contributed by atoms with Gasteiger partial charge in [0.15, 0.2) is 12.4 Å². The number of imidazole rings is 1. The van der Waals surface area contributed by atoms with Crippen LogP contribution in [0.5, 0.6) is 0 Å². The van der Waals surface area contributed by atoms with Crippen molar-refractivity contribution in [3.8, 4) is 0 Å². The Morgan fingerprint density at radius 1 is 1.28 bits per heavy atom. The minimum absolute atomic E-state index is 0.117. The summed E-state index contributed by atoms with van der Waals surface area (Å²) in [7, 11) is 1.84. The maximum atomic E-state index is 12.3. The number of ketones is 1. The first-order valence-corrected chi connectivity index (χ1v) is 9.15. The third-order valence-corrected chi connectivity index (χ3v) is 5.08. The van der Waals surface area contributed by atoms with Gasteiger partial charge in [-0.25, -0.2) is 9.78 Å². The highest BCUT2D eigenvalue weighted by Crippen LogP contribution is 2.27. The van der Waals surface area contributed by atoms with Crippen molar-refractivity contribution in [3.05, 3.63) is 47.0 Å². The molecule has 0 N–H and O–H groups in total. The van der Waals surface area contributed by atoms with Gasteiger partial charge < -0.3 is 9.30 Å². The van der Waals surface area contributed by atoms with Crippen molar-refractivity contribution in [2.24, 2.45) is 12.5 Å². The molecule has 134 valence electrons. The Labute approximate surface area is 156 Å². The molecule has 0 radical (unpaired) electrons. The molecule has 0 unspecified atom stereocenters. The van der Waals surface area contributed by atoms with E-state index in [4.69, 9.17) is 16.3 Å². The number of nitrogens with zero attached hydrogens (tertiary/aromatic N) is 2. The van der Waals surface area contributed by atoms with Gasteiger partial charge in [-0.1, -0.05) is 44.5 Å². The van der Waals surface area contributed by atoms with E-state index in [-0.39, 0.29) is 12.4 Å². The van der Waals surface area contributed by atoms with Crippen molar-refractivity contribution in [1.29, 1.82) is 0 Å². The van der Waals surface area contributed by atoms with Crippen LogP contribution >= 0.6 is 23.4 Å². The van der Waals surface area contributed by atoms with Gasteiger partial charge in [-0.2, -0.15) is 0 Å². The lowest BCUT2D eigenvalue weighted by molar-refractivity contribution is -0.129. The van der Waals surface area contributed by atoms with E-state index in [2.05, 4.69) is 4.98 Å². The second-order valence-corrected chi connectivity index (χ2v) is 7.99. The number of thioether (sulfide) groups is 1. The number of halogens is 1. The van der Waals surface area contributed by atoms with Crippen LogP contribution in [0.4, 0.5) is 0 Å². The molecule has 1 aromatic carbocycles. The molecule has 0 aliphatic carbocycles. The summed E-state index contributed by atoms with van der Waals surface area (Å²) in [5, 5.41) is 0.559. The number of hydrogen-bond acceptors (Lipinski definition) is 5. The van der Waals surface area contributed by atoms with Gasteiger partial charge in [0.05, 0.1) is 17.5 Å². The smallest absolute Gasteiger partial charge is 0.339 e. The number of Topliss-reactive ketones (excluding diaryl/α,β-unsaturated/α-hetero) is 1. The van der Waals surface area contributed by atoms with Gasteiger partial charge >= 0.3 is 5.97 Å². The summed E-state index contributed by atoms with van der Waals surface area (Å²) in [6, 6.07) is 7.16. The minimum Gasteiger partial charge on any atom is -0.454 e. The summed E-state index contributed by atoms with van der Waals surface area (Å²) in [5.74, 6) is 0.752. The molecule has 2 aromatic rings. The predicted molar refractivity (Wildman–Crippen MR) is 99.0 cm³/mol. The molecule has 2 rings (SSSR count). The monoisotopic (exact) mass is 380 g/mol. The highest BCUT2D eigenvalue weighted by Gasteiger charge is 2.23. The van der Waals surface area contributed by atoms with Crippen LogP contribution in [0.3, 0.4) is 0 Å². The average Bonchev–Trinajstić information content (AvgIpc) is 2.88. The molecule has 0 aliphatic rings. The average molecular weight is 381 g/mol. The lowest BCUT2D eigenvalue weighted by atomic mass is 9.91. The molecular weight excluding hydrogens is 360 g/mol. The van der Waals surface area contributed by atoms with E-state index in [1.165, 1.54) is 11.8 Å². The predicted octanol–water partition coefficient (Wildman–Crippen LogP) is 4.14. The zero-order chi connectivity index (χ0) is 18.6. The Morgan fingerprint density at radius 2 is 1.96 bits per heavy atom. The Morgan fingerprint density at radius 3 is 2.56 bits per heavy atom. The Kier molecular flexibility index (Phi) is 6.30. The maximum Gasteiger partial charge on any atom is 0.339 e. The van der Waals surface area contributed by atoms with Crippen LogP contribution in [0.15, 0.2) is 35.4 Å². The van der Waals surface area contributed by atoms with E-state index in [0.29, 0.717) is 16.5 Å². The number of carbonyl (C=O) groups excluding carboxylic acids is 2. The molecule has 0 aliphatic heterocycles. The molecule has 0 amide bonds. The fourth-order valence-corrected chi connectivity index (χ4v) is 3.07. The summed E-state index contributed by atoms with van der Waals surface area (Å²) in [6.45, 7) is 5.16. The summed E-state index contributed by atoms with van der Waals surface area (Å²) in [5.41, 5.74) is -0.0963. The molecule has 0 bridgehead atoms. The van der Waals surface area contributed by atoms with E-state index in [9.17, 15) is 9.59 Å². The topological polar surface area (TPSA) is 61.2 Å². The quantitative estimate of drug-likeness (QED) is 0.556. The Bertz CT molecular complexity index is 781. The molecule has 1 aromatic heterocycles. The van der Waals surface area contributed by atoms with Crippen molar-refractivity contribution in [2.45, 2.75) is 31.4 Å². The van der Waals surface area contributed by atoms with Gasteiger partial charge in [0.1, 0.15) is 11.0 Å². The number of rotatable bonds is 6. The van der Waals surface area contributed by atoms with Gasteiger partial charge in [0.2, 0.25) is 0 Å². The largest absolute Gasteiger partial charge is 0.454 e. The molecule has 7 heteroatoms. The Balaban J connectivity index is 2.05. The summed E-state index contributed by atoms with van der Waals surface area (Å²) in [6.07, 6.45) is 1.59. The molecule has 1 heterocycles. The van der Waals surface area contributed by atoms with Crippen molar-refractivity contribution < 1.29 is 14.3 Å². The first-order chi connectivity index (χ1) is 11.7. The van der Waals surface area contributed by atoms with Crippen LogP contribution in [0.1, 0.15) is 37.0 Å². The highest BCUT2D eigenvalue weighted by atomic mass is 35.5. The summed E-state index contributed by atoms with van der Waals surface area (Å²) < 4.78 is 6.98. The van der Waals surface area contributed by atoms with Crippen LogP contribution in [-0.4, -0.2) is 27.9 Å². The van der Waals surface area contributed by atoms with Crippen molar-refractivity contribution in [3.63, 3.8) is 0 Å². The zero-order valence-electron chi connectivity index (χ0n) is 14.7. The van der Waals surface area contributed by atoms with E-state index < -0.39 is 11.4 Å². The molecule has 0 saturated carbocycles. The number of aromatic nitrogens is 2. The fraction of sp³-hybridized carbons (Fsp3) is 0.389. The third kappa shape index (κ3) is 5.09. The van der Waals surface area contributed by atoms with E-state index >= 15 is 0 Å². The van der Waals surface area contributed by atoms with Crippen molar-refractivity contribution in [2.75, 3.05) is 6.61 Å². The minimum atomic E-state index is -0.536. The van der Waals surface area contributed by atoms with Crippen molar-refractivity contribution in [1.82, 2.24) is 9.55 Å². The lowest BCUT2D eigenvalue weighted by Crippen LogP contribution is -2.26. The molecular formula is C18H21ClN2O3S. The summed E-state index contributed by atoms with van der Waals surface area (Å²) in [4.78, 5) is 29.3. The van der Waals surface area contributed by atoms with Crippen LogP contribution in [-0.2, 0) is 22.3 Å². The van der Waals surface area contributed by atoms with Crippen LogP contribution in [0.25, 0.3) is 0 Å². The second kappa shape index (κ2) is 8.06. The summed E-state index contributed by atoms with van der Waals surface area (Å²) >= 11 is 7.45. The van der Waals surface area contributed by atoms with Crippen LogP contribution < -0.4 is 0 Å². The number of benzene rings is 1. The van der Waals surface area contributed by atoms with Crippen LogP contribution in [0.2, 0.25) is 5.15 Å². The zero-order valence-corrected chi connectivity index (χ0v) is 16.3. The van der Waals surface area contributed by atoms with E-state index in [1.807, 2.05) is 19.2 Å². The first-order valence-electron chi connectivity index (χ1n) is 7.78. The van der Waals surface area contributed by atoms with Gasteiger partial charge in [0.25, 0.3) is 0 Å². The molecule has 0 spiro atoms. The lowest BCUT2D eigenvalue weighted by Gasteiger charge is -2.16. The molecule has 0 atom stereocenters. The van der Waals surface area contributed by atoms with Crippen molar-refractivity contribution >= 4 is 35.1 Å². The van der Waals surface area contributed by atoms with E-state index in [1.54, 1.807) is 43.7 Å². The van der Waals surface area contributed by atoms with Crippen LogP contribution in [0, 0.1) is 5.41 Å². The van der Waals surface area contributed by atoms with Gasteiger partial charge in [-0.3, -0.25) is 4.79 Å². The first kappa shape index (κ1) is 19.5. The number of ether oxygens (including phenoxy) is 1. The maximum absolute atomic E-state index is 12.3. The Hall–Kier alpha value is -1.79. The van der Waals surface area contributed by atoms with Gasteiger partial charge in [0, 0.05) is 17.4 Å². The molecule has 5 nitrogen and oxygen atoms in total. The highest BCUT2D eigenvalue weighted by molar-refractivity contribution is 7.98. The fourth-order valence-electron chi connectivity index (χ4n) is 1.89. The molecule has 0 saturated heterocycles. The van der Waals surface area contributed by atoms with E-state index in [0.717, 1.165) is 10.7 Å². The SMILES string of the molecule is Cn1c(Cl)cnc1CSc1ccccc1C(=O)OCC(=O)C(C)(C)C. The standard InChI is InChI=1S/C18H21ClN2O3S/c1-18(2,3)14(22)10-24-17(23)12-7-5-6-8-13(12)25-11-16-20-9-15(19)21(16)4/h5-9H,10-11H2,1-4H3. The number of hydrogen-bond donors (Lipinski definition) is 0. The second-order valence-electron chi connectivity index (χ2n) is 6.59. The number of carbonyl (C=O) groups is 2. The third-order valence-electron chi connectivity index (χ3n) is 3.66. The normalized spacial score (nSPS) is 11.4.